The SMILES string of the molecule is CCn1ncc(C(=O)NCC(c2cccnc2)N2CCCC2)c1C. The van der Waals surface area contributed by atoms with E-state index >= 15 is 0 Å². The molecule has 128 valence electrons. The second kappa shape index (κ2) is 7.57. The van der Waals surface area contributed by atoms with Crippen LogP contribution in [0, 0.1) is 6.92 Å². The molecule has 24 heavy (non-hydrogen) atoms. The van der Waals surface area contributed by atoms with Crippen molar-refractivity contribution < 1.29 is 4.79 Å². The largest absolute Gasteiger partial charge is 0.350 e. The van der Waals surface area contributed by atoms with Crippen molar-refractivity contribution in [1.29, 1.82) is 0 Å². The van der Waals surface area contributed by atoms with Gasteiger partial charge < -0.3 is 5.32 Å². The molecular formula is C18H25N5O. The highest BCUT2D eigenvalue weighted by molar-refractivity contribution is 5.95. The number of hydrogen-bond donors (Lipinski definition) is 1. The van der Waals surface area contributed by atoms with E-state index in [1.165, 1.54) is 12.8 Å². The van der Waals surface area contributed by atoms with Crippen LogP contribution >= 0.6 is 0 Å². The minimum absolute atomic E-state index is 0.0553. The number of nitrogens with zero attached hydrogens (tertiary/aromatic N) is 4. The Morgan fingerprint density at radius 2 is 2.12 bits per heavy atom. The molecule has 1 atom stereocenters. The van der Waals surface area contributed by atoms with E-state index in [0.29, 0.717) is 12.1 Å². The van der Waals surface area contributed by atoms with Crippen LogP contribution in [0.4, 0.5) is 0 Å². The second-order valence-electron chi connectivity index (χ2n) is 6.21. The fraction of sp³-hybridized carbons (Fsp3) is 0.500. The third-order valence-corrected chi connectivity index (χ3v) is 4.75. The van der Waals surface area contributed by atoms with Gasteiger partial charge in [-0.15, -0.1) is 0 Å². The number of likely N-dealkylation sites (tertiary alicyclic amines) is 1. The first-order valence-electron chi connectivity index (χ1n) is 8.65. The minimum atomic E-state index is -0.0553. The zero-order valence-electron chi connectivity index (χ0n) is 14.4. The smallest absolute Gasteiger partial charge is 0.254 e. The molecular weight excluding hydrogens is 302 g/mol. The van der Waals surface area contributed by atoms with Crippen molar-refractivity contribution in [3.63, 3.8) is 0 Å². The average molecular weight is 327 g/mol. The van der Waals surface area contributed by atoms with Crippen LogP contribution in [0.5, 0.6) is 0 Å². The molecule has 1 aliphatic heterocycles. The lowest BCUT2D eigenvalue weighted by Gasteiger charge is -2.27. The third kappa shape index (κ3) is 3.48. The molecule has 1 unspecified atom stereocenters. The maximum Gasteiger partial charge on any atom is 0.254 e. The number of hydrogen-bond acceptors (Lipinski definition) is 4. The molecule has 0 aliphatic carbocycles. The minimum Gasteiger partial charge on any atom is -0.350 e. The van der Waals surface area contributed by atoms with Gasteiger partial charge in [-0.05, 0) is 51.4 Å². The zero-order valence-corrected chi connectivity index (χ0v) is 14.4. The van der Waals surface area contributed by atoms with Gasteiger partial charge in [0, 0.05) is 31.2 Å². The van der Waals surface area contributed by atoms with E-state index in [0.717, 1.165) is 30.9 Å². The van der Waals surface area contributed by atoms with Crippen molar-refractivity contribution >= 4 is 5.91 Å². The van der Waals surface area contributed by atoms with Crippen molar-refractivity contribution in [3.8, 4) is 0 Å². The van der Waals surface area contributed by atoms with Crippen LogP contribution in [0.3, 0.4) is 0 Å². The number of nitrogens with one attached hydrogen (secondary N) is 1. The number of carbonyl (C=O) groups is 1. The Kier molecular flexibility index (Phi) is 5.25. The Bertz CT molecular complexity index is 676. The summed E-state index contributed by atoms with van der Waals surface area (Å²) in [5.41, 5.74) is 2.72. The van der Waals surface area contributed by atoms with Crippen molar-refractivity contribution in [2.24, 2.45) is 0 Å². The summed E-state index contributed by atoms with van der Waals surface area (Å²) in [5.74, 6) is -0.0553. The molecule has 0 radical (unpaired) electrons. The maximum atomic E-state index is 12.5. The average Bonchev–Trinajstić information content (AvgIpc) is 3.25. The molecule has 6 nitrogen and oxygen atoms in total. The number of carbonyl (C=O) groups excluding carboxylic acids is 1. The van der Waals surface area contributed by atoms with Crippen molar-refractivity contribution in [2.45, 2.75) is 39.3 Å². The van der Waals surface area contributed by atoms with E-state index in [2.05, 4.69) is 26.4 Å². The van der Waals surface area contributed by atoms with Crippen LogP contribution in [0.15, 0.2) is 30.7 Å². The molecule has 1 amide bonds. The summed E-state index contributed by atoms with van der Waals surface area (Å²) in [6, 6.07) is 4.21. The van der Waals surface area contributed by atoms with Gasteiger partial charge in [-0.1, -0.05) is 6.07 Å². The summed E-state index contributed by atoms with van der Waals surface area (Å²) >= 11 is 0. The lowest BCUT2D eigenvalue weighted by Crippen LogP contribution is -2.37. The normalized spacial score (nSPS) is 16.2. The molecule has 3 rings (SSSR count). The van der Waals surface area contributed by atoms with Gasteiger partial charge in [-0.3, -0.25) is 19.4 Å². The Morgan fingerprint density at radius 1 is 1.33 bits per heavy atom. The van der Waals surface area contributed by atoms with Crippen LogP contribution in [-0.4, -0.2) is 45.2 Å². The van der Waals surface area contributed by atoms with Gasteiger partial charge >= 0.3 is 0 Å². The number of amides is 1. The van der Waals surface area contributed by atoms with Gasteiger partial charge in [-0.2, -0.15) is 5.10 Å². The molecule has 1 saturated heterocycles. The molecule has 6 heteroatoms. The first kappa shape index (κ1) is 16.6. The summed E-state index contributed by atoms with van der Waals surface area (Å²) in [4.78, 5) is 19.2. The molecule has 0 bridgehead atoms. The molecule has 1 fully saturated rings. The van der Waals surface area contributed by atoms with Gasteiger partial charge in [0.2, 0.25) is 0 Å². The van der Waals surface area contributed by atoms with E-state index < -0.39 is 0 Å². The Hall–Kier alpha value is -2.21. The zero-order chi connectivity index (χ0) is 16.9. The highest BCUT2D eigenvalue weighted by Gasteiger charge is 2.24. The monoisotopic (exact) mass is 327 g/mol. The molecule has 3 heterocycles. The lowest BCUT2D eigenvalue weighted by molar-refractivity contribution is 0.0937. The van der Waals surface area contributed by atoms with Crippen LogP contribution in [0.25, 0.3) is 0 Å². The molecule has 2 aromatic rings. The molecule has 1 N–H and O–H groups in total. The summed E-state index contributed by atoms with van der Waals surface area (Å²) in [5, 5.41) is 7.34. The molecule has 0 aromatic carbocycles. The number of aryl methyl sites for hydroxylation is 1. The lowest BCUT2D eigenvalue weighted by atomic mass is 10.1. The summed E-state index contributed by atoms with van der Waals surface area (Å²) in [6.07, 6.45) is 7.77. The highest BCUT2D eigenvalue weighted by Crippen LogP contribution is 2.24. The molecule has 2 aromatic heterocycles. The predicted molar refractivity (Wildman–Crippen MR) is 92.8 cm³/mol. The molecule has 0 spiro atoms. The highest BCUT2D eigenvalue weighted by atomic mass is 16.1. The Labute approximate surface area is 142 Å². The number of aromatic nitrogens is 3. The Balaban J connectivity index is 1.71. The predicted octanol–water partition coefficient (Wildman–Crippen LogP) is 2.17. The quantitative estimate of drug-likeness (QED) is 0.883. The fourth-order valence-electron chi connectivity index (χ4n) is 3.36. The van der Waals surface area contributed by atoms with Crippen LogP contribution < -0.4 is 5.32 Å². The van der Waals surface area contributed by atoms with Gasteiger partial charge in [0.1, 0.15) is 0 Å². The molecule has 0 saturated carbocycles. The van der Waals surface area contributed by atoms with Crippen LogP contribution in [0.2, 0.25) is 0 Å². The standard InChI is InChI=1S/C18H25N5O/c1-3-23-14(2)16(12-21-23)18(24)20-13-17(22-9-4-5-10-22)15-7-6-8-19-11-15/h6-8,11-12,17H,3-5,9-10,13H2,1-2H3,(H,20,24). The molecule has 1 aliphatic rings. The van der Waals surface area contributed by atoms with E-state index in [1.54, 1.807) is 12.4 Å². The Morgan fingerprint density at radius 3 is 2.75 bits per heavy atom. The summed E-state index contributed by atoms with van der Waals surface area (Å²) in [6.45, 7) is 7.45. The van der Waals surface area contributed by atoms with Crippen molar-refractivity contribution in [1.82, 2.24) is 25.0 Å². The first-order valence-corrected chi connectivity index (χ1v) is 8.65. The maximum absolute atomic E-state index is 12.5. The van der Waals surface area contributed by atoms with E-state index in [1.807, 2.05) is 30.8 Å². The van der Waals surface area contributed by atoms with Crippen molar-refractivity contribution in [3.05, 3.63) is 47.5 Å². The van der Waals surface area contributed by atoms with Crippen LogP contribution in [0.1, 0.15) is 47.4 Å². The van der Waals surface area contributed by atoms with Gasteiger partial charge in [-0.25, -0.2) is 0 Å². The topological polar surface area (TPSA) is 63.1 Å². The van der Waals surface area contributed by atoms with Crippen molar-refractivity contribution in [2.75, 3.05) is 19.6 Å². The summed E-state index contributed by atoms with van der Waals surface area (Å²) in [7, 11) is 0. The van der Waals surface area contributed by atoms with Gasteiger partial charge in [0.05, 0.1) is 17.8 Å². The van der Waals surface area contributed by atoms with E-state index in [-0.39, 0.29) is 11.9 Å². The van der Waals surface area contributed by atoms with Gasteiger partial charge in [0.25, 0.3) is 5.91 Å². The van der Waals surface area contributed by atoms with Crippen LogP contribution in [-0.2, 0) is 6.54 Å². The number of pyridine rings is 1. The summed E-state index contributed by atoms with van der Waals surface area (Å²) < 4.78 is 1.84. The fourth-order valence-corrected chi connectivity index (χ4v) is 3.36. The van der Waals surface area contributed by atoms with E-state index in [4.69, 9.17) is 0 Å². The third-order valence-electron chi connectivity index (χ3n) is 4.75. The van der Waals surface area contributed by atoms with E-state index in [9.17, 15) is 4.79 Å². The van der Waals surface area contributed by atoms with Gasteiger partial charge in [0.15, 0.2) is 0 Å². The first-order chi connectivity index (χ1) is 11.7. The number of rotatable bonds is 6. The second-order valence-corrected chi connectivity index (χ2v) is 6.21.